The summed E-state index contributed by atoms with van der Waals surface area (Å²) in [5.41, 5.74) is -0.212. The fraction of sp³-hybridized carbons (Fsp3) is 0.667. The number of hydrogen-bond donors (Lipinski definition) is 1. The minimum atomic E-state index is -0.329. The number of aromatic nitrogens is 4. The summed E-state index contributed by atoms with van der Waals surface area (Å²) in [6.07, 6.45) is 2.60. The first-order valence-corrected chi connectivity index (χ1v) is 9.20. The minimum absolute atomic E-state index is 0. The quantitative estimate of drug-likeness (QED) is 0.765. The van der Waals surface area contributed by atoms with Crippen LogP contribution in [0.15, 0.2) is 20.3 Å². The molecule has 3 heterocycles. The number of halogens is 1. The number of rotatable bonds is 5. The van der Waals surface area contributed by atoms with Gasteiger partial charge in [-0.25, -0.2) is 4.79 Å². The molecule has 2 aromatic heterocycles. The van der Waals surface area contributed by atoms with Crippen molar-refractivity contribution in [2.45, 2.75) is 51.7 Å². The summed E-state index contributed by atoms with van der Waals surface area (Å²) in [5, 5.41) is 7.45. The maximum Gasteiger partial charge on any atom is 0.330 e. The molecule has 1 atom stereocenters. The average Bonchev–Trinajstić information content (AvgIpc) is 3.28. The summed E-state index contributed by atoms with van der Waals surface area (Å²) in [4.78, 5) is 31.2. The molecule has 0 aliphatic carbocycles. The first kappa shape index (κ1) is 22.3. The summed E-state index contributed by atoms with van der Waals surface area (Å²) < 4.78 is 8.03. The fourth-order valence-electron chi connectivity index (χ4n) is 3.27. The first-order valence-electron chi connectivity index (χ1n) is 9.20. The van der Waals surface area contributed by atoms with Crippen LogP contribution < -0.4 is 16.6 Å². The van der Waals surface area contributed by atoms with Gasteiger partial charge in [-0.05, 0) is 13.0 Å². The van der Waals surface area contributed by atoms with Gasteiger partial charge in [-0.3, -0.25) is 14.3 Å². The molecule has 2 aromatic rings. The highest BCUT2D eigenvalue weighted by molar-refractivity contribution is 5.85. The van der Waals surface area contributed by atoms with E-state index in [1.54, 1.807) is 13.2 Å². The van der Waals surface area contributed by atoms with E-state index in [2.05, 4.69) is 20.4 Å². The summed E-state index contributed by atoms with van der Waals surface area (Å²) in [6, 6.07) is 0.261. The van der Waals surface area contributed by atoms with E-state index < -0.39 is 0 Å². The molecule has 0 amide bonds. The van der Waals surface area contributed by atoms with Crippen molar-refractivity contribution in [1.29, 1.82) is 0 Å². The van der Waals surface area contributed by atoms with Gasteiger partial charge in [0.15, 0.2) is 5.82 Å². The topological polar surface area (TPSA) is 98.2 Å². The zero-order valence-corrected chi connectivity index (χ0v) is 17.9. The predicted molar refractivity (Wildman–Crippen MR) is 108 cm³/mol. The standard InChI is InChI=1S/C18H28N6O3.ClH/c1-18(2,3)16-20-14(27-21-16)11-24(13-6-7-19-8-13)10-12-9-22(4)17(26)23(5)15(12)25;/h9,13,19H,6-8,10-11H2,1-5H3;1H. The van der Waals surface area contributed by atoms with Crippen LogP contribution in [0.25, 0.3) is 0 Å². The molecule has 1 saturated heterocycles. The molecule has 0 radical (unpaired) electrons. The Labute approximate surface area is 170 Å². The van der Waals surface area contributed by atoms with E-state index in [0.717, 1.165) is 24.1 Å². The Hall–Kier alpha value is -1.97. The van der Waals surface area contributed by atoms with Gasteiger partial charge in [0.2, 0.25) is 5.89 Å². The van der Waals surface area contributed by atoms with Crippen LogP contribution in [0.1, 0.15) is 44.5 Å². The lowest BCUT2D eigenvalue weighted by molar-refractivity contribution is 0.164. The molecule has 156 valence electrons. The van der Waals surface area contributed by atoms with Gasteiger partial charge in [0, 0.05) is 50.4 Å². The van der Waals surface area contributed by atoms with Crippen LogP contribution in [0, 0.1) is 0 Å². The van der Waals surface area contributed by atoms with Crippen LogP contribution in [0.2, 0.25) is 0 Å². The Kier molecular flexibility index (Phi) is 6.84. The molecule has 0 spiro atoms. The molecule has 1 aliphatic heterocycles. The van der Waals surface area contributed by atoms with Crippen LogP contribution >= 0.6 is 12.4 Å². The molecule has 3 rings (SSSR count). The van der Waals surface area contributed by atoms with E-state index in [4.69, 9.17) is 4.52 Å². The van der Waals surface area contributed by atoms with Crippen molar-refractivity contribution in [3.63, 3.8) is 0 Å². The Bertz CT molecular complexity index is 921. The second-order valence-electron chi connectivity index (χ2n) is 8.23. The van der Waals surface area contributed by atoms with Gasteiger partial charge in [0.25, 0.3) is 5.56 Å². The summed E-state index contributed by atoms with van der Waals surface area (Å²) in [7, 11) is 3.16. The van der Waals surface area contributed by atoms with Crippen molar-refractivity contribution in [2.24, 2.45) is 14.1 Å². The molecule has 0 aromatic carbocycles. The van der Waals surface area contributed by atoms with Crippen LogP contribution in [-0.4, -0.2) is 43.3 Å². The molecule has 0 saturated carbocycles. The monoisotopic (exact) mass is 412 g/mol. The van der Waals surface area contributed by atoms with Crippen molar-refractivity contribution in [3.8, 4) is 0 Å². The molecule has 9 nitrogen and oxygen atoms in total. The summed E-state index contributed by atoms with van der Waals surface area (Å²) >= 11 is 0. The van der Waals surface area contributed by atoms with E-state index in [1.807, 2.05) is 20.8 Å². The van der Waals surface area contributed by atoms with Crippen molar-refractivity contribution in [1.82, 2.24) is 29.5 Å². The third-order valence-corrected chi connectivity index (χ3v) is 4.92. The van der Waals surface area contributed by atoms with Crippen LogP contribution in [-0.2, 0) is 32.6 Å². The minimum Gasteiger partial charge on any atom is -0.338 e. The highest BCUT2D eigenvalue weighted by Gasteiger charge is 2.27. The normalized spacial score (nSPS) is 17.1. The van der Waals surface area contributed by atoms with Gasteiger partial charge >= 0.3 is 5.69 Å². The van der Waals surface area contributed by atoms with Crippen molar-refractivity contribution >= 4 is 12.4 Å². The highest BCUT2D eigenvalue weighted by atomic mass is 35.5. The van der Waals surface area contributed by atoms with Crippen molar-refractivity contribution < 1.29 is 4.52 Å². The van der Waals surface area contributed by atoms with Gasteiger partial charge in [-0.2, -0.15) is 4.98 Å². The smallest absolute Gasteiger partial charge is 0.330 e. The molecular weight excluding hydrogens is 384 g/mol. The van der Waals surface area contributed by atoms with Gasteiger partial charge in [-0.1, -0.05) is 25.9 Å². The van der Waals surface area contributed by atoms with E-state index in [0.29, 0.717) is 30.4 Å². The lowest BCUT2D eigenvalue weighted by Gasteiger charge is -2.26. The van der Waals surface area contributed by atoms with Crippen LogP contribution in [0.5, 0.6) is 0 Å². The third kappa shape index (κ3) is 4.71. The number of nitrogens with zero attached hydrogens (tertiary/aromatic N) is 5. The maximum atomic E-state index is 12.5. The van der Waals surface area contributed by atoms with Crippen LogP contribution in [0.4, 0.5) is 0 Å². The van der Waals surface area contributed by atoms with Crippen LogP contribution in [0.3, 0.4) is 0 Å². The molecule has 10 heteroatoms. The fourth-order valence-corrected chi connectivity index (χ4v) is 3.27. The van der Waals surface area contributed by atoms with E-state index in [1.165, 1.54) is 11.6 Å². The van der Waals surface area contributed by atoms with Gasteiger partial charge in [0.05, 0.1) is 6.54 Å². The second kappa shape index (κ2) is 8.59. The van der Waals surface area contributed by atoms with E-state index in [-0.39, 0.29) is 35.1 Å². The van der Waals surface area contributed by atoms with Gasteiger partial charge in [-0.15, -0.1) is 12.4 Å². The lowest BCUT2D eigenvalue weighted by atomic mass is 9.96. The molecule has 1 aliphatic rings. The SMILES string of the molecule is Cl.Cn1cc(CN(Cc2nc(C(C)(C)C)no2)C2CCNC2)c(=O)n(C)c1=O. The molecule has 1 unspecified atom stereocenters. The largest absolute Gasteiger partial charge is 0.338 e. The van der Waals surface area contributed by atoms with Crippen molar-refractivity contribution in [2.75, 3.05) is 13.1 Å². The summed E-state index contributed by atoms with van der Waals surface area (Å²) in [6.45, 7) is 8.76. The Morgan fingerprint density at radius 1 is 1.29 bits per heavy atom. The third-order valence-electron chi connectivity index (χ3n) is 4.92. The highest BCUT2D eigenvalue weighted by Crippen LogP contribution is 2.20. The zero-order chi connectivity index (χ0) is 19.8. The lowest BCUT2D eigenvalue weighted by Crippen LogP contribution is -2.42. The second-order valence-corrected chi connectivity index (χ2v) is 8.23. The number of aryl methyl sites for hydroxylation is 1. The molecule has 0 bridgehead atoms. The number of hydrogen-bond acceptors (Lipinski definition) is 7. The Morgan fingerprint density at radius 3 is 2.57 bits per heavy atom. The predicted octanol–water partition coefficient (Wildman–Crippen LogP) is 0.550. The molecule has 1 fully saturated rings. The van der Waals surface area contributed by atoms with Gasteiger partial charge in [0.1, 0.15) is 0 Å². The summed E-state index contributed by atoms with van der Waals surface area (Å²) in [5.74, 6) is 1.20. The first-order chi connectivity index (χ1) is 12.7. The van der Waals surface area contributed by atoms with Gasteiger partial charge < -0.3 is 14.4 Å². The molecule has 28 heavy (non-hydrogen) atoms. The average molecular weight is 413 g/mol. The van der Waals surface area contributed by atoms with E-state index >= 15 is 0 Å². The molecular formula is C18H29ClN6O3. The maximum absolute atomic E-state index is 12.5. The van der Waals surface area contributed by atoms with E-state index in [9.17, 15) is 9.59 Å². The zero-order valence-electron chi connectivity index (χ0n) is 17.1. The van der Waals surface area contributed by atoms with Crippen molar-refractivity contribution in [3.05, 3.63) is 44.3 Å². The number of nitrogens with one attached hydrogen (secondary N) is 1. The Balaban J connectivity index is 0.00000280. The Morgan fingerprint density at radius 2 is 2.00 bits per heavy atom. The molecule has 1 N–H and O–H groups in total.